The molecule has 0 aromatic carbocycles. The summed E-state index contributed by atoms with van der Waals surface area (Å²) in [4.78, 5) is 11.6. The summed E-state index contributed by atoms with van der Waals surface area (Å²) in [5, 5.41) is 17.9. The largest absolute Gasteiger partial charge is 0.350 e. The average Bonchev–Trinajstić information content (AvgIpc) is 2.62. The van der Waals surface area contributed by atoms with Gasteiger partial charge in [-0.3, -0.25) is 4.79 Å². The molecule has 10 heteroatoms. The molecule has 1 aliphatic rings. The maximum absolute atomic E-state index is 11.6. The molecule has 0 bridgehead atoms. The van der Waals surface area contributed by atoms with E-state index in [9.17, 15) is 13.2 Å². The number of carbonyl (C=O) groups is 1. The number of amides is 1. The molecule has 2 heterocycles. The van der Waals surface area contributed by atoms with Crippen LogP contribution in [-0.2, 0) is 10.0 Å². The first-order valence-corrected chi connectivity index (χ1v) is 7.08. The van der Waals surface area contributed by atoms with Gasteiger partial charge in [0, 0.05) is 19.6 Å². The van der Waals surface area contributed by atoms with Crippen molar-refractivity contribution in [2.75, 3.05) is 25.4 Å². The highest BCUT2D eigenvalue weighted by atomic mass is 32.2. The summed E-state index contributed by atoms with van der Waals surface area (Å²) in [6, 6.07) is 0.225. The summed E-state index contributed by atoms with van der Waals surface area (Å²) >= 11 is 0. The SMILES string of the molecule is NS(=O)(=O)CCNC(=O)c1cn(C2CNC2)nn1. The topological polar surface area (TPSA) is 132 Å². The van der Waals surface area contributed by atoms with Crippen LogP contribution in [-0.4, -0.2) is 54.7 Å². The van der Waals surface area contributed by atoms with Crippen molar-refractivity contribution in [2.24, 2.45) is 5.14 Å². The zero-order valence-corrected chi connectivity index (χ0v) is 10.4. The first kappa shape index (κ1) is 12.9. The van der Waals surface area contributed by atoms with Crippen molar-refractivity contribution in [3.8, 4) is 0 Å². The fourth-order valence-corrected chi connectivity index (χ4v) is 1.80. The predicted molar refractivity (Wildman–Crippen MR) is 62.2 cm³/mol. The highest BCUT2D eigenvalue weighted by Gasteiger charge is 2.21. The van der Waals surface area contributed by atoms with E-state index in [-0.39, 0.29) is 24.0 Å². The van der Waals surface area contributed by atoms with Gasteiger partial charge in [0.15, 0.2) is 5.69 Å². The first-order chi connectivity index (χ1) is 8.46. The van der Waals surface area contributed by atoms with Gasteiger partial charge in [-0.15, -0.1) is 5.10 Å². The van der Waals surface area contributed by atoms with E-state index < -0.39 is 15.9 Å². The highest BCUT2D eigenvalue weighted by molar-refractivity contribution is 7.89. The number of nitrogens with zero attached hydrogens (tertiary/aromatic N) is 3. The molecular formula is C8H14N6O3S. The van der Waals surface area contributed by atoms with Crippen LogP contribution in [0.5, 0.6) is 0 Å². The molecule has 1 aliphatic heterocycles. The molecule has 0 aliphatic carbocycles. The van der Waals surface area contributed by atoms with Crippen molar-refractivity contribution < 1.29 is 13.2 Å². The zero-order valence-electron chi connectivity index (χ0n) is 9.54. The van der Waals surface area contributed by atoms with Gasteiger partial charge in [-0.05, 0) is 0 Å². The third-order valence-corrected chi connectivity index (χ3v) is 3.32. The number of aromatic nitrogens is 3. The normalized spacial score (nSPS) is 16.3. The molecule has 4 N–H and O–H groups in total. The maximum atomic E-state index is 11.6. The van der Waals surface area contributed by atoms with Gasteiger partial charge >= 0.3 is 0 Å². The third-order valence-electron chi connectivity index (χ3n) is 2.55. The van der Waals surface area contributed by atoms with E-state index in [1.54, 1.807) is 4.68 Å². The van der Waals surface area contributed by atoms with Gasteiger partial charge in [0.1, 0.15) is 0 Å². The molecule has 1 amide bonds. The van der Waals surface area contributed by atoms with E-state index >= 15 is 0 Å². The van der Waals surface area contributed by atoms with Crippen LogP contribution < -0.4 is 15.8 Å². The number of rotatable bonds is 5. The van der Waals surface area contributed by atoms with Crippen LogP contribution in [0, 0.1) is 0 Å². The van der Waals surface area contributed by atoms with Crippen molar-refractivity contribution >= 4 is 15.9 Å². The Morgan fingerprint density at radius 3 is 2.89 bits per heavy atom. The second-order valence-electron chi connectivity index (χ2n) is 4.02. The lowest BCUT2D eigenvalue weighted by Crippen LogP contribution is -2.43. The average molecular weight is 274 g/mol. The summed E-state index contributed by atoms with van der Waals surface area (Å²) in [5.74, 6) is -0.767. The molecule has 1 aromatic rings. The Morgan fingerprint density at radius 2 is 2.33 bits per heavy atom. The number of nitrogens with one attached hydrogen (secondary N) is 2. The molecule has 0 atom stereocenters. The van der Waals surface area contributed by atoms with Crippen molar-refractivity contribution in [1.82, 2.24) is 25.6 Å². The minimum Gasteiger partial charge on any atom is -0.350 e. The Balaban J connectivity index is 1.86. The van der Waals surface area contributed by atoms with Crippen molar-refractivity contribution in [1.29, 1.82) is 0 Å². The van der Waals surface area contributed by atoms with E-state index in [0.717, 1.165) is 13.1 Å². The number of sulfonamides is 1. The van der Waals surface area contributed by atoms with Crippen molar-refractivity contribution in [2.45, 2.75) is 6.04 Å². The number of nitrogens with two attached hydrogens (primary N) is 1. The summed E-state index contributed by atoms with van der Waals surface area (Å²) in [6.45, 7) is 1.56. The van der Waals surface area contributed by atoms with E-state index in [1.807, 2.05) is 0 Å². The quantitative estimate of drug-likeness (QED) is 0.541. The number of hydrogen-bond acceptors (Lipinski definition) is 6. The molecule has 1 aromatic heterocycles. The Bertz CT molecular complexity index is 535. The lowest BCUT2D eigenvalue weighted by molar-refractivity contribution is 0.0951. The highest BCUT2D eigenvalue weighted by Crippen LogP contribution is 2.09. The van der Waals surface area contributed by atoms with Gasteiger partial charge in [-0.2, -0.15) is 0 Å². The van der Waals surface area contributed by atoms with Crippen LogP contribution in [0.1, 0.15) is 16.5 Å². The van der Waals surface area contributed by atoms with Crippen LogP contribution in [0.2, 0.25) is 0 Å². The zero-order chi connectivity index (χ0) is 13.2. The van der Waals surface area contributed by atoms with Gasteiger partial charge in [0.2, 0.25) is 10.0 Å². The second kappa shape index (κ2) is 5.00. The van der Waals surface area contributed by atoms with Gasteiger partial charge in [0.05, 0.1) is 18.0 Å². The first-order valence-electron chi connectivity index (χ1n) is 5.37. The van der Waals surface area contributed by atoms with Crippen LogP contribution in [0.4, 0.5) is 0 Å². The fraction of sp³-hybridized carbons (Fsp3) is 0.625. The number of hydrogen-bond donors (Lipinski definition) is 3. The van der Waals surface area contributed by atoms with Crippen molar-refractivity contribution in [3.05, 3.63) is 11.9 Å². The van der Waals surface area contributed by atoms with E-state index in [1.165, 1.54) is 6.20 Å². The summed E-state index contributed by atoms with van der Waals surface area (Å²) < 4.78 is 23.0. The summed E-state index contributed by atoms with van der Waals surface area (Å²) in [5.41, 5.74) is 0.163. The van der Waals surface area contributed by atoms with E-state index in [2.05, 4.69) is 20.9 Å². The molecule has 1 fully saturated rings. The molecule has 0 radical (unpaired) electrons. The second-order valence-corrected chi connectivity index (χ2v) is 5.75. The Labute approximate surface area is 104 Å². The summed E-state index contributed by atoms with van der Waals surface area (Å²) in [6.07, 6.45) is 1.54. The maximum Gasteiger partial charge on any atom is 0.273 e. The molecule has 0 spiro atoms. The fourth-order valence-electron chi connectivity index (χ4n) is 1.42. The van der Waals surface area contributed by atoms with Crippen LogP contribution in [0.25, 0.3) is 0 Å². The third kappa shape index (κ3) is 3.24. The monoisotopic (exact) mass is 274 g/mol. The molecule has 1 saturated heterocycles. The molecule has 2 rings (SSSR count). The van der Waals surface area contributed by atoms with Gasteiger partial charge in [-0.25, -0.2) is 18.2 Å². The minimum atomic E-state index is -3.57. The van der Waals surface area contributed by atoms with Gasteiger partial charge < -0.3 is 10.6 Å². The van der Waals surface area contributed by atoms with E-state index in [4.69, 9.17) is 5.14 Å². The van der Waals surface area contributed by atoms with E-state index in [0.29, 0.717) is 0 Å². The Morgan fingerprint density at radius 1 is 1.61 bits per heavy atom. The molecule has 0 saturated carbocycles. The smallest absolute Gasteiger partial charge is 0.273 e. The van der Waals surface area contributed by atoms with Crippen LogP contribution in [0.15, 0.2) is 6.20 Å². The standard InChI is InChI=1S/C8H14N6O3S/c9-18(16,17)2-1-11-8(15)7-5-14(13-12-7)6-3-10-4-6/h5-6,10H,1-4H2,(H,11,15)(H2,9,16,17). The van der Waals surface area contributed by atoms with Gasteiger partial charge in [-0.1, -0.05) is 5.21 Å². The Hall–Kier alpha value is -1.52. The molecule has 0 unspecified atom stereocenters. The molecular weight excluding hydrogens is 260 g/mol. The summed E-state index contributed by atoms with van der Waals surface area (Å²) in [7, 11) is -3.57. The molecule has 100 valence electrons. The minimum absolute atomic E-state index is 0.0461. The number of carbonyl (C=O) groups excluding carboxylic acids is 1. The molecule has 18 heavy (non-hydrogen) atoms. The predicted octanol–water partition coefficient (Wildman–Crippen LogP) is -2.56. The lowest BCUT2D eigenvalue weighted by Gasteiger charge is -2.26. The van der Waals surface area contributed by atoms with Gasteiger partial charge in [0.25, 0.3) is 5.91 Å². The van der Waals surface area contributed by atoms with Crippen LogP contribution in [0.3, 0.4) is 0 Å². The lowest BCUT2D eigenvalue weighted by atomic mass is 10.2. The van der Waals surface area contributed by atoms with Crippen LogP contribution >= 0.6 is 0 Å². The molecule has 9 nitrogen and oxygen atoms in total. The van der Waals surface area contributed by atoms with Crippen molar-refractivity contribution in [3.63, 3.8) is 0 Å². The Kier molecular flexibility index (Phi) is 3.59. The number of primary sulfonamides is 1.